The number of carbonyl (C=O) groups excluding carboxylic acids is 1. The number of aromatic nitrogens is 1. The fourth-order valence-corrected chi connectivity index (χ4v) is 2.10. The van der Waals surface area contributed by atoms with Crippen LogP contribution in [-0.4, -0.2) is 30.3 Å². The number of pyridine rings is 1. The molecule has 0 bridgehead atoms. The Labute approximate surface area is 112 Å². The van der Waals surface area contributed by atoms with E-state index >= 15 is 0 Å². The largest absolute Gasteiger partial charge is 0.459 e. The summed E-state index contributed by atoms with van der Waals surface area (Å²) >= 11 is 9.05. The Balaban J connectivity index is 1.96. The maximum absolute atomic E-state index is 11.8. The molecule has 1 aromatic heterocycles. The van der Waals surface area contributed by atoms with Crippen molar-refractivity contribution in [3.05, 3.63) is 27.5 Å². The normalized spacial score (nSPS) is 19.3. The zero-order valence-electron chi connectivity index (χ0n) is 8.99. The minimum absolute atomic E-state index is 0.0119. The number of ether oxygens (including phenoxy) is 2. The molecule has 0 spiro atoms. The van der Waals surface area contributed by atoms with Gasteiger partial charge >= 0.3 is 5.97 Å². The molecule has 17 heavy (non-hydrogen) atoms. The quantitative estimate of drug-likeness (QED) is 0.635. The number of nitrogens with zero attached hydrogens (tertiary/aromatic N) is 1. The molecule has 0 aromatic carbocycles. The van der Waals surface area contributed by atoms with Crippen LogP contribution in [-0.2, 0) is 9.47 Å². The van der Waals surface area contributed by atoms with Crippen molar-refractivity contribution in [2.45, 2.75) is 18.9 Å². The number of halogens is 2. The first-order valence-electron chi connectivity index (χ1n) is 5.26. The van der Waals surface area contributed by atoms with Gasteiger partial charge in [-0.15, -0.1) is 0 Å². The molecule has 1 atom stereocenters. The highest BCUT2D eigenvalue weighted by atomic mass is 79.9. The molecular formula is C11H11BrClNO3. The van der Waals surface area contributed by atoms with Crippen molar-refractivity contribution in [1.82, 2.24) is 4.98 Å². The molecule has 0 aliphatic carbocycles. The first kappa shape index (κ1) is 12.8. The molecule has 1 aliphatic rings. The van der Waals surface area contributed by atoms with Crippen molar-refractivity contribution in [3.8, 4) is 0 Å². The van der Waals surface area contributed by atoms with Crippen molar-refractivity contribution >= 4 is 33.5 Å². The number of hydrogen-bond donors (Lipinski definition) is 0. The summed E-state index contributed by atoms with van der Waals surface area (Å²) in [6.45, 7) is 1.00. The van der Waals surface area contributed by atoms with Gasteiger partial charge in [0, 0.05) is 17.3 Å². The average Bonchev–Trinajstić information content (AvgIpc) is 2.82. The predicted octanol–water partition coefficient (Wildman–Crippen LogP) is 2.83. The van der Waals surface area contributed by atoms with Crippen LogP contribution in [0.3, 0.4) is 0 Å². The Morgan fingerprint density at radius 2 is 2.53 bits per heavy atom. The standard InChI is InChI=1S/C11H11BrClNO3/c12-7-4-9(10(13)14-5-7)11(15)17-6-8-2-1-3-16-8/h4-5,8H,1-3,6H2. The van der Waals surface area contributed by atoms with E-state index in [0.717, 1.165) is 19.4 Å². The molecular weight excluding hydrogens is 309 g/mol. The summed E-state index contributed by atoms with van der Waals surface area (Å²) in [5.74, 6) is -0.473. The summed E-state index contributed by atoms with van der Waals surface area (Å²) in [6, 6.07) is 1.59. The van der Waals surface area contributed by atoms with Gasteiger partial charge in [0.1, 0.15) is 11.8 Å². The summed E-state index contributed by atoms with van der Waals surface area (Å²) < 4.78 is 11.2. The summed E-state index contributed by atoms with van der Waals surface area (Å²) in [5, 5.41) is 0.144. The summed E-state index contributed by atoms with van der Waals surface area (Å²) in [4.78, 5) is 15.6. The molecule has 2 rings (SSSR count). The van der Waals surface area contributed by atoms with Gasteiger partial charge in [-0.2, -0.15) is 0 Å². The van der Waals surface area contributed by atoms with Crippen LogP contribution in [0.15, 0.2) is 16.7 Å². The minimum Gasteiger partial charge on any atom is -0.459 e. The molecule has 0 saturated carbocycles. The average molecular weight is 321 g/mol. The Kier molecular flexibility index (Phi) is 4.36. The van der Waals surface area contributed by atoms with Crippen molar-refractivity contribution < 1.29 is 14.3 Å². The van der Waals surface area contributed by atoms with Gasteiger partial charge in [0.15, 0.2) is 0 Å². The van der Waals surface area contributed by atoms with Crippen LogP contribution in [0.4, 0.5) is 0 Å². The third-order valence-corrected chi connectivity index (χ3v) is 3.18. The van der Waals surface area contributed by atoms with E-state index in [-0.39, 0.29) is 23.4 Å². The fraction of sp³-hybridized carbons (Fsp3) is 0.455. The van der Waals surface area contributed by atoms with Gasteiger partial charge in [-0.25, -0.2) is 9.78 Å². The van der Waals surface area contributed by atoms with Crippen molar-refractivity contribution in [2.24, 2.45) is 0 Å². The molecule has 6 heteroatoms. The second-order valence-corrected chi connectivity index (χ2v) is 5.00. The van der Waals surface area contributed by atoms with Crippen LogP contribution < -0.4 is 0 Å². The maximum Gasteiger partial charge on any atom is 0.341 e. The molecule has 1 unspecified atom stereocenters. The van der Waals surface area contributed by atoms with Gasteiger partial charge in [-0.3, -0.25) is 0 Å². The Morgan fingerprint density at radius 1 is 1.71 bits per heavy atom. The third-order valence-electron chi connectivity index (χ3n) is 2.45. The lowest BCUT2D eigenvalue weighted by atomic mass is 10.2. The molecule has 1 saturated heterocycles. The van der Waals surface area contributed by atoms with Crippen LogP contribution in [0, 0.1) is 0 Å². The van der Waals surface area contributed by atoms with Crippen LogP contribution in [0.1, 0.15) is 23.2 Å². The highest BCUT2D eigenvalue weighted by Crippen LogP contribution is 2.19. The van der Waals surface area contributed by atoms with Crippen LogP contribution >= 0.6 is 27.5 Å². The lowest BCUT2D eigenvalue weighted by Crippen LogP contribution is -2.18. The molecule has 0 N–H and O–H groups in total. The zero-order valence-corrected chi connectivity index (χ0v) is 11.3. The second kappa shape index (κ2) is 5.80. The number of carbonyl (C=O) groups is 1. The van der Waals surface area contributed by atoms with E-state index in [0.29, 0.717) is 4.47 Å². The van der Waals surface area contributed by atoms with Gasteiger partial charge < -0.3 is 9.47 Å². The Morgan fingerprint density at radius 3 is 3.24 bits per heavy atom. The highest BCUT2D eigenvalue weighted by molar-refractivity contribution is 9.10. The van der Waals surface area contributed by atoms with Crippen LogP contribution in [0.2, 0.25) is 5.15 Å². The number of esters is 1. The van der Waals surface area contributed by atoms with Crippen LogP contribution in [0.25, 0.3) is 0 Å². The Hall–Kier alpha value is -0.650. The third kappa shape index (κ3) is 3.40. The highest BCUT2D eigenvalue weighted by Gasteiger charge is 2.19. The first-order chi connectivity index (χ1) is 8.16. The van der Waals surface area contributed by atoms with E-state index in [1.165, 1.54) is 6.20 Å². The SMILES string of the molecule is O=C(OCC1CCCO1)c1cc(Br)cnc1Cl. The Bertz CT molecular complexity index is 421. The summed E-state index contributed by atoms with van der Waals surface area (Å²) in [6.07, 6.45) is 3.48. The lowest BCUT2D eigenvalue weighted by Gasteiger charge is -2.10. The predicted molar refractivity (Wildman–Crippen MR) is 66.2 cm³/mol. The molecule has 0 radical (unpaired) electrons. The van der Waals surface area contributed by atoms with Gasteiger partial charge in [0.25, 0.3) is 0 Å². The van der Waals surface area contributed by atoms with E-state index < -0.39 is 5.97 Å². The molecule has 1 aromatic rings. The van der Waals surface area contributed by atoms with Crippen molar-refractivity contribution in [2.75, 3.05) is 13.2 Å². The van der Waals surface area contributed by atoms with Crippen LogP contribution in [0.5, 0.6) is 0 Å². The molecule has 92 valence electrons. The minimum atomic E-state index is -0.473. The fourth-order valence-electron chi connectivity index (χ4n) is 1.59. The number of hydrogen-bond acceptors (Lipinski definition) is 4. The topological polar surface area (TPSA) is 48.4 Å². The van der Waals surface area contributed by atoms with Gasteiger partial charge in [0.2, 0.25) is 0 Å². The van der Waals surface area contributed by atoms with E-state index in [9.17, 15) is 4.79 Å². The first-order valence-corrected chi connectivity index (χ1v) is 6.43. The summed E-state index contributed by atoms with van der Waals surface area (Å²) in [5.41, 5.74) is 0.263. The maximum atomic E-state index is 11.8. The van der Waals surface area contributed by atoms with E-state index in [1.807, 2.05) is 0 Å². The van der Waals surface area contributed by atoms with Crippen molar-refractivity contribution in [3.63, 3.8) is 0 Å². The molecule has 1 aliphatic heterocycles. The number of rotatable bonds is 3. The molecule has 4 nitrogen and oxygen atoms in total. The lowest BCUT2D eigenvalue weighted by molar-refractivity contribution is 0.0161. The second-order valence-electron chi connectivity index (χ2n) is 3.73. The van der Waals surface area contributed by atoms with Gasteiger partial charge in [-0.1, -0.05) is 11.6 Å². The van der Waals surface area contributed by atoms with Crippen molar-refractivity contribution in [1.29, 1.82) is 0 Å². The van der Waals surface area contributed by atoms with E-state index in [4.69, 9.17) is 21.1 Å². The molecule has 2 heterocycles. The smallest absolute Gasteiger partial charge is 0.341 e. The zero-order chi connectivity index (χ0) is 12.3. The van der Waals surface area contributed by atoms with Gasteiger partial charge in [-0.05, 0) is 34.8 Å². The molecule has 1 fully saturated rings. The van der Waals surface area contributed by atoms with Gasteiger partial charge in [0.05, 0.1) is 11.7 Å². The van der Waals surface area contributed by atoms with E-state index in [1.54, 1.807) is 6.07 Å². The monoisotopic (exact) mass is 319 g/mol. The van der Waals surface area contributed by atoms with E-state index in [2.05, 4.69) is 20.9 Å². The summed E-state index contributed by atoms with van der Waals surface area (Å²) in [7, 11) is 0. The molecule has 0 amide bonds.